The van der Waals surface area contributed by atoms with Crippen molar-refractivity contribution in [2.45, 2.75) is 25.8 Å². The van der Waals surface area contributed by atoms with Crippen molar-refractivity contribution in [3.63, 3.8) is 0 Å². The second kappa shape index (κ2) is 6.21. The second-order valence-electron chi connectivity index (χ2n) is 4.20. The standard InChI is InChI=1S/C12H14F4O3/c1-7(18)9(6-17)4-8-2-3-10(13)11(5-8)19-12(14,15)16/h2-3,5,7,9,17-18H,4,6H2,1H3. The van der Waals surface area contributed by atoms with Gasteiger partial charge in [-0.15, -0.1) is 13.2 Å². The highest BCUT2D eigenvalue weighted by Gasteiger charge is 2.32. The fourth-order valence-corrected chi connectivity index (χ4v) is 1.57. The molecule has 0 fully saturated rings. The molecule has 1 aromatic rings. The zero-order chi connectivity index (χ0) is 14.6. The van der Waals surface area contributed by atoms with Crippen LogP contribution < -0.4 is 4.74 Å². The Morgan fingerprint density at radius 1 is 1.32 bits per heavy atom. The maximum atomic E-state index is 13.2. The number of benzene rings is 1. The number of rotatable bonds is 5. The summed E-state index contributed by atoms with van der Waals surface area (Å²) in [7, 11) is 0. The smallest absolute Gasteiger partial charge is 0.403 e. The summed E-state index contributed by atoms with van der Waals surface area (Å²) in [6.45, 7) is 1.13. The van der Waals surface area contributed by atoms with Gasteiger partial charge in [0.1, 0.15) is 0 Å². The van der Waals surface area contributed by atoms with Crippen molar-refractivity contribution in [1.29, 1.82) is 0 Å². The summed E-state index contributed by atoms with van der Waals surface area (Å²) in [5.41, 5.74) is 0.334. The first-order chi connectivity index (χ1) is 8.73. The summed E-state index contributed by atoms with van der Waals surface area (Å²) in [5.74, 6) is -2.59. The number of hydrogen-bond acceptors (Lipinski definition) is 3. The third-order valence-electron chi connectivity index (χ3n) is 2.64. The van der Waals surface area contributed by atoms with E-state index < -0.39 is 30.0 Å². The SMILES string of the molecule is CC(O)C(CO)Cc1ccc(F)c(OC(F)(F)F)c1. The van der Waals surface area contributed by atoms with E-state index in [9.17, 15) is 22.7 Å². The molecule has 0 heterocycles. The third-order valence-corrected chi connectivity index (χ3v) is 2.64. The molecule has 1 aromatic carbocycles. The minimum atomic E-state index is -4.97. The summed E-state index contributed by atoms with van der Waals surface area (Å²) >= 11 is 0. The molecule has 2 unspecified atom stereocenters. The number of aliphatic hydroxyl groups is 2. The summed E-state index contributed by atoms with van der Waals surface area (Å²) in [5, 5.41) is 18.4. The summed E-state index contributed by atoms with van der Waals surface area (Å²) in [6, 6.07) is 3.05. The predicted molar refractivity (Wildman–Crippen MR) is 59.0 cm³/mol. The molecule has 0 radical (unpaired) electrons. The molecule has 2 atom stereocenters. The zero-order valence-corrected chi connectivity index (χ0v) is 10.1. The highest BCUT2D eigenvalue weighted by atomic mass is 19.4. The van der Waals surface area contributed by atoms with Gasteiger partial charge in [0.25, 0.3) is 0 Å². The molecule has 0 saturated carbocycles. The van der Waals surface area contributed by atoms with Crippen LogP contribution in [0.1, 0.15) is 12.5 Å². The van der Waals surface area contributed by atoms with Gasteiger partial charge in [0.05, 0.1) is 6.10 Å². The Morgan fingerprint density at radius 2 is 1.95 bits per heavy atom. The second-order valence-corrected chi connectivity index (χ2v) is 4.20. The molecule has 2 N–H and O–H groups in total. The molecule has 19 heavy (non-hydrogen) atoms. The average Bonchev–Trinajstić information content (AvgIpc) is 2.27. The Labute approximate surface area is 107 Å². The van der Waals surface area contributed by atoms with Crippen LogP contribution in [0.4, 0.5) is 17.6 Å². The van der Waals surface area contributed by atoms with Crippen LogP contribution in [0.25, 0.3) is 0 Å². The Hall–Kier alpha value is -1.34. The van der Waals surface area contributed by atoms with E-state index in [-0.39, 0.29) is 13.0 Å². The van der Waals surface area contributed by atoms with Gasteiger partial charge in [-0.3, -0.25) is 0 Å². The molecular formula is C12H14F4O3. The first-order valence-corrected chi connectivity index (χ1v) is 5.56. The van der Waals surface area contributed by atoms with Crippen molar-refractivity contribution in [3.8, 4) is 5.75 Å². The molecule has 0 aliphatic rings. The lowest BCUT2D eigenvalue weighted by Gasteiger charge is -2.18. The Balaban J connectivity index is 2.89. The molecule has 0 aliphatic heterocycles. The maximum absolute atomic E-state index is 13.2. The first-order valence-electron chi connectivity index (χ1n) is 5.56. The van der Waals surface area contributed by atoms with Gasteiger partial charge in [-0.1, -0.05) is 6.07 Å². The van der Waals surface area contributed by atoms with E-state index in [1.165, 1.54) is 13.0 Å². The lowest BCUT2D eigenvalue weighted by molar-refractivity contribution is -0.275. The van der Waals surface area contributed by atoms with Gasteiger partial charge >= 0.3 is 6.36 Å². The van der Waals surface area contributed by atoms with Crippen LogP contribution in [0.2, 0.25) is 0 Å². The molecule has 108 valence electrons. The Bertz CT molecular complexity index is 418. The quantitative estimate of drug-likeness (QED) is 0.814. The van der Waals surface area contributed by atoms with Gasteiger partial charge in [0, 0.05) is 12.5 Å². The average molecular weight is 282 g/mol. The number of aliphatic hydroxyl groups excluding tert-OH is 2. The third kappa shape index (κ3) is 5.04. The minimum absolute atomic E-state index is 0.114. The van der Waals surface area contributed by atoms with E-state index >= 15 is 0 Å². The number of ether oxygens (including phenoxy) is 1. The van der Waals surface area contributed by atoms with Crippen molar-refractivity contribution in [3.05, 3.63) is 29.6 Å². The predicted octanol–water partition coefficient (Wildman–Crippen LogP) is 2.26. The van der Waals surface area contributed by atoms with Gasteiger partial charge in [-0.2, -0.15) is 0 Å². The van der Waals surface area contributed by atoms with Gasteiger partial charge in [-0.05, 0) is 31.0 Å². The molecule has 0 aliphatic carbocycles. The fourth-order valence-electron chi connectivity index (χ4n) is 1.57. The van der Waals surface area contributed by atoms with Crippen molar-refractivity contribution >= 4 is 0 Å². The molecule has 0 spiro atoms. The first kappa shape index (κ1) is 15.7. The van der Waals surface area contributed by atoms with Crippen LogP contribution in [-0.4, -0.2) is 29.3 Å². The van der Waals surface area contributed by atoms with Gasteiger partial charge < -0.3 is 14.9 Å². The van der Waals surface area contributed by atoms with Crippen LogP contribution in [-0.2, 0) is 6.42 Å². The lowest BCUT2D eigenvalue weighted by Crippen LogP contribution is -2.23. The Morgan fingerprint density at radius 3 is 2.42 bits per heavy atom. The van der Waals surface area contributed by atoms with Crippen LogP contribution in [0.5, 0.6) is 5.75 Å². The highest BCUT2D eigenvalue weighted by Crippen LogP contribution is 2.27. The number of halogens is 4. The van der Waals surface area contributed by atoms with Crippen molar-refractivity contribution in [1.82, 2.24) is 0 Å². The van der Waals surface area contributed by atoms with E-state index in [4.69, 9.17) is 5.11 Å². The fraction of sp³-hybridized carbons (Fsp3) is 0.500. The molecule has 0 bridgehead atoms. The largest absolute Gasteiger partial charge is 0.573 e. The van der Waals surface area contributed by atoms with Crippen molar-refractivity contribution < 1.29 is 32.5 Å². The van der Waals surface area contributed by atoms with Crippen LogP contribution in [0.15, 0.2) is 18.2 Å². The van der Waals surface area contributed by atoms with Crippen LogP contribution in [0.3, 0.4) is 0 Å². The topological polar surface area (TPSA) is 49.7 Å². The van der Waals surface area contributed by atoms with E-state index in [1.807, 2.05) is 0 Å². The van der Waals surface area contributed by atoms with E-state index in [0.717, 1.165) is 12.1 Å². The van der Waals surface area contributed by atoms with E-state index in [2.05, 4.69) is 4.74 Å². The molecular weight excluding hydrogens is 268 g/mol. The van der Waals surface area contributed by atoms with Crippen LogP contribution in [0, 0.1) is 11.7 Å². The Kier molecular flexibility index (Phi) is 5.13. The molecule has 1 rings (SSSR count). The van der Waals surface area contributed by atoms with Crippen LogP contribution >= 0.6 is 0 Å². The van der Waals surface area contributed by atoms with Crippen molar-refractivity contribution in [2.75, 3.05) is 6.61 Å². The van der Waals surface area contributed by atoms with Gasteiger partial charge in [0.2, 0.25) is 0 Å². The zero-order valence-electron chi connectivity index (χ0n) is 10.1. The molecule has 0 aromatic heterocycles. The number of alkyl halides is 3. The monoisotopic (exact) mass is 282 g/mol. The molecule has 0 amide bonds. The van der Waals surface area contributed by atoms with Gasteiger partial charge in [-0.25, -0.2) is 4.39 Å². The highest BCUT2D eigenvalue weighted by molar-refractivity contribution is 5.30. The molecule has 7 heteroatoms. The van der Waals surface area contributed by atoms with E-state index in [0.29, 0.717) is 5.56 Å². The molecule has 3 nitrogen and oxygen atoms in total. The summed E-state index contributed by atoms with van der Waals surface area (Å²) in [4.78, 5) is 0. The maximum Gasteiger partial charge on any atom is 0.573 e. The molecule has 0 saturated heterocycles. The van der Waals surface area contributed by atoms with E-state index in [1.54, 1.807) is 0 Å². The lowest BCUT2D eigenvalue weighted by atomic mass is 9.95. The van der Waals surface area contributed by atoms with Crippen molar-refractivity contribution in [2.24, 2.45) is 5.92 Å². The van der Waals surface area contributed by atoms with Gasteiger partial charge in [0.15, 0.2) is 11.6 Å². The normalized spacial score (nSPS) is 15.1. The summed E-state index contributed by atoms with van der Waals surface area (Å²) < 4.78 is 52.8. The number of hydrogen-bond donors (Lipinski definition) is 2. The minimum Gasteiger partial charge on any atom is -0.403 e. The summed E-state index contributed by atoms with van der Waals surface area (Å²) in [6.07, 6.45) is -5.69.